The quantitative estimate of drug-likeness (QED) is 0.792. The molecule has 1 amide bonds. The normalized spacial score (nSPS) is 20.4. The summed E-state index contributed by atoms with van der Waals surface area (Å²) in [6, 6.07) is 7.20. The van der Waals surface area contributed by atoms with Crippen molar-refractivity contribution in [2.45, 2.75) is 26.2 Å². The van der Waals surface area contributed by atoms with Crippen LogP contribution in [0.4, 0.5) is 5.69 Å². The average Bonchev–Trinajstić information content (AvgIpc) is 2.54. The molecule has 2 rings (SSSR count). The molecule has 0 radical (unpaired) electrons. The van der Waals surface area contributed by atoms with Gasteiger partial charge in [0.1, 0.15) is 5.75 Å². The summed E-state index contributed by atoms with van der Waals surface area (Å²) in [6.07, 6.45) is 5.39. The third kappa shape index (κ3) is 3.87. The summed E-state index contributed by atoms with van der Waals surface area (Å²) >= 11 is 0. The Kier molecular flexibility index (Phi) is 5.58. The Labute approximate surface area is 130 Å². The van der Waals surface area contributed by atoms with E-state index < -0.39 is 17.8 Å². The van der Waals surface area contributed by atoms with Crippen molar-refractivity contribution in [3.8, 4) is 5.75 Å². The van der Waals surface area contributed by atoms with Gasteiger partial charge in [-0.15, -0.1) is 0 Å². The Morgan fingerprint density at radius 1 is 1.23 bits per heavy atom. The van der Waals surface area contributed by atoms with E-state index in [4.69, 9.17) is 4.74 Å². The number of carbonyl (C=O) groups excluding carboxylic acids is 1. The number of rotatable bonds is 6. The first-order valence-electron chi connectivity index (χ1n) is 7.54. The number of aliphatic carboxylic acids is 1. The first-order chi connectivity index (χ1) is 10.6. The molecule has 0 aromatic heterocycles. The Hall–Kier alpha value is -2.30. The van der Waals surface area contributed by atoms with E-state index in [-0.39, 0.29) is 5.91 Å². The number of carboxylic acid groups (broad SMARTS) is 1. The first-order valence-corrected chi connectivity index (χ1v) is 7.54. The van der Waals surface area contributed by atoms with Crippen molar-refractivity contribution in [3.05, 3.63) is 36.4 Å². The third-order valence-electron chi connectivity index (χ3n) is 3.69. The predicted octanol–water partition coefficient (Wildman–Crippen LogP) is 3.08. The smallest absolute Gasteiger partial charge is 0.307 e. The number of hydrogen-bond donors (Lipinski definition) is 2. The molecule has 0 aliphatic heterocycles. The van der Waals surface area contributed by atoms with Crippen molar-refractivity contribution in [1.82, 2.24) is 0 Å². The van der Waals surface area contributed by atoms with Crippen molar-refractivity contribution in [1.29, 1.82) is 0 Å². The van der Waals surface area contributed by atoms with E-state index in [0.717, 1.165) is 6.42 Å². The number of hydrogen-bond acceptors (Lipinski definition) is 3. The van der Waals surface area contributed by atoms with Crippen molar-refractivity contribution in [3.63, 3.8) is 0 Å². The van der Waals surface area contributed by atoms with E-state index in [1.807, 2.05) is 31.2 Å². The molecule has 0 spiro atoms. The van der Waals surface area contributed by atoms with Gasteiger partial charge < -0.3 is 15.2 Å². The Balaban J connectivity index is 2.11. The van der Waals surface area contributed by atoms with Crippen LogP contribution in [0.2, 0.25) is 0 Å². The average molecular weight is 303 g/mol. The molecule has 22 heavy (non-hydrogen) atoms. The van der Waals surface area contributed by atoms with Crippen molar-refractivity contribution in [2.75, 3.05) is 11.9 Å². The van der Waals surface area contributed by atoms with E-state index in [0.29, 0.717) is 30.9 Å². The second-order valence-corrected chi connectivity index (χ2v) is 5.33. The predicted molar refractivity (Wildman–Crippen MR) is 83.8 cm³/mol. The summed E-state index contributed by atoms with van der Waals surface area (Å²) in [4.78, 5) is 23.7. The van der Waals surface area contributed by atoms with Crippen LogP contribution in [0, 0.1) is 11.8 Å². The molecule has 0 unspecified atom stereocenters. The minimum atomic E-state index is -0.931. The van der Waals surface area contributed by atoms with Gasteiger partial charge in [-0.25, -0.2) is 0 Å². The third-order valence-corrected chi connectivity index (χ3v) is 3.69. The van der Waals surface area contributed by atoms with E-state index in [9.17, 15) is 14.7 Å². The van der Waals surface area contributed by atoms with E-state index in [1.54, 1.807) is 12.1 Å². The highest BCUT2D eigenvalue weighted by molar-refractivity contribution is 5.96. The maximum Gasteiger partial charge on any atom is 0.307 e. The number of carbonyl (C=O) groups is 2. The fraction of sp³-hybridized carbons (Fsp3) is 0.412. The largest absolute Gasteiger partial charge is 0.491 e. The van der Waals surface area contributed by atoms with Crippen LogP contribution < -0.4 is 10.1 Å². The highest BCUT2D eigenvalue weighted by Crippen LogP contribution is 2.29. The van der Waals surface area contributed by atoms with Crippen LogP contribution in [-0.4, -0.2) is 23.6 Å². The first kappa shape index (κ1) is 16.1. The van der Waals surface area contributed by atoms with Gasteiger partial charge in [-0.3, -0.25) is 9.59 Å². The SMILES string of the molecule is CCCOc1ccccc1NC(=O)[C@@H]1CC=CC[C@@H]1C(=O)O. The van der Waals surface area contributed by atoms with Gasteiger partial charge in [-0.2, -0.15) is 0 Å². The monoisotopic (exact) mass is 303 g/mol. The van der Waals surface area contributed by atoms with Gasteiger partial charge in [0.05, 0.1) is 24.1 Å². The number of anilines is 1. The summed E-state index contributed by atoms with van der Waals surface area (Å²) in [5.74, 6) is -1.82. The van der Waals surface area contributed by atoms with Crippen molar-refractivity contribution >= 4 is 17.6 Å². The Morgan fingerprint density at radius 2 is 1.91 bits per heavy atom. The molecule has 0 fully saturated rings. The number of amides is 1. The number of nitrogens with one attached hydrogen (secondary N) is 1. The zero-order valence-corrected chi connectivity index (χ0v) is 12.6. The van der Waals surface area contributed by atoms with E-state index in [1.165, 1.54) is 0 Å². The fourth-order valence-electron chi connectivity index (χ4n) is 2.51. The van der Waals surface area contributed by atoms with Crippen LogP contribution in [0.25, 0.3) is 0 Å². The Morgan fingerprint density at radius 3 is 2.59 bits per heavy atom. The lowest BCUT2D eigenvalue weighted by atomic mass is 9.82. The number of para-hydroxylation sites is 2. The van der Waals surface area contributed by atoms with Gasteiger partial charge in [0.25, 0.3) is 0 Å². The lowest BCUT2D eigenvalue weighted by Gasteiger charge is -2.24. The summed E-state index contributed by atoms with van der Waals surface area (Å²) in [5.41, 5.74) is 0.583. The molecule has 1 aliphatic rings. The standard InChI is InChI=1S/C17H21NO4/c1-2-11-22-15-10-6-5-9-14(15)18-16(19)12-7-3-4-8-13(12)17(20)21/h3-6,9-10,12-13H,2,7-8,11H2,1H3,(H,18,19)(H,20,21)/t12-,13+/m1/s1. The van der Waals surface area contributed by atoms with Crippen LogP contribution in [0.15, 0.2) is 36.4 Å². The molecule has 5 heteroatoms. The van der Waals surface area contributed by atoms with Crippen LogP contribution >= 0.6 is 0 Å². The lowest BCUT2D eigenvalue weighted by molar-refractivity contribution is -0.146. The summed E-state index contributed by atoms with van der Waals surface area (Å²) < 4.78 is 5.60. The maximum absolute atomic E-state index is 12.4. The zero-order valence-electron chi connectivity index (χ0n) is 12.6. The molecule has 2 N–H and O–H groups in total. The minimum absolute atomic E-state index is 0.274. The molecule has 0 bridgehead atoms. The molecular formula is C17H21NO4. The molecule has 0 saturated carbocycles. The lowest BCUT2D eigenvalue weighted by Crippen LogP contribution is -2.34. The molecule has 0 heterocycles. The van der Waals surface area contributed by atoms with Gasteiger partial charge >= 0.3 is 5.97 Å². The molecule has 1 aromatic carbocycles. The van der Waals surface area contributed by atoms with Gasteiger partial charge in [0.2, 0.25) is 5.91 Å². The molecular weight excluding hydrogens is 282 g/mol. The van der Waals surface area contributed by atoms with Crippen molar-refractivity contribution in [2.24, 2.45) is 11.8 Å². The van der Waals surface area contributed by atoms with E-state index >= 15 is 0 Å². The van der Waals surface area contributed by atoms with Crippen LogP contribution in [0.3, 0.4) is 0 Å². The van der Waals surface area contributed by atoms with Gasteiger partial charge in [-0.1, -0.05) is 31.2 Å². The molecule has 0 saturated heterocycles. The number of carboxylic acids is 1. The second-order valence-electron chi connectivity index (χ2n) is 5.33. The van der Waals surface area contributed by atoms with Crippen LogP contribution in [0.5, 0.6) is 5.75 Å². The summed E-state index contributed by atoms with van der Waals surface area (Å²) in [6.45, 7) is 2.57. The molecule has 1 aliphatic carbocycles. The fourth-order valence-corrected chi connectivity index (χ4v) is 2.51. The topological polar surface area (TPSA) is 75.6 Å². The van der Waals surface area contributed by atoms with Gasteiger partial charge in [0.15, 0.2) is 0 Å². The number of benzene rings is 1. The maximum atomic E-state index is 12.4. The van der Waals surface area contributed by atoms with Crippen LogP contribution in [0.1, 0.15) is 26.2 Å². The Bertz CT molecular complexity index is 568. The number of allylic oxidation sites excluding steroid dienone is 2. The minimum Gasteiger partial charge on any atom is -0.491 e. The van der Waals surface area contributed by atoms with Gasteiger partial charge in [0, 0.05) is 0 Å². The zero-order chi connectivity index (χ0) is 15.9. The molecule has 5 nitrogen and oxygen atoms in total. The van der Waals surface area contributed by atoms with Gasteiger partial charge in [-0.05, 0) is 31.4 Å². The highest BCUT2D eigenvalue weighted by Gasteiger charge is 2.34. The molecule has 118 valence electrons. The molecule has 2 atom stereocenters. The van der Waals surface area contributed by atoms with Crippen molar-refractivity contribution < 1.29 is 19.4 Å². The summed E-state index contributed by atoms with van der Waals surface area (Å²) in [7, 11) is 0. The number of ether oxygens (including phenoxy) is 1. The molecule has 1 aromatic rings. The van der Waals surface area contributed by atoms with E-state index in [2.05, 4.69) is 5.32 Å². The van der Waals surface area contributed by atoms with Crippen LogP contribution in [-0.2, 0) is 9.59 Å². The second kappa shape index (κ2) is 7.64. The highest BCUT2D eigenvalue weighted by atomic mass is 16.5. The summed E-state index contributed by atoms with van der Waals surface area (Å²) in [5, 5.41) is 12.1.